The first-order chi connectivity index (χ1) is 9.15. The molecule has 2 atom stereocenters. The van der Waals surface area contributed by atoms with Crippen molar-refractivity contribution >= 4 is 15.9 Å². The fourth-order valence-electron chi connectivity index (χ4n) is 3.16. The van der Waals surface area contributed by atoms with Gasteiger partial charge in [0.2, 0.25) is 0 Å². The molecule has 1 aromatic carbocycles. The average molecular weight is 325 g/mol. The standard InChI is InChI=1S/C16H25BrN2/c1-3-4-13-7-8-19(11-13)16(10-18)14-5-6-15(17)12(2)9-14/h5-6,9,13,16H,3-4,7-8,10-11,18H2,1-2H3. The van der Waals surface area contributed by atoms with Crippen LogP contribution in [0.15, 0.2) is 22.7 Å². The Bertz CT molecular complexity index is 419. The van der Waals surface area contributed by atoms with Crippen LogP contribution in [0.3, 0.4) is 0 Å². The van der Waals surface area contributed by atoms with Crippen molar-refractivity contribution in [3.63, 3.8) is 0 Å². The zero-order chi connectivity index (χ0) is 13.8. The van der Waals surface area contributed by atoms with E-state index >= 15 is 0 Å². The highest BCUT2D eigenvalue weighted by atomic mass is 79.9. The molecule has 1 fully saturated rings. The number of halogens is 1. The van der Waals surface area contributed by atoms with E-state index < -0.39 is 0 Å². The largest absolute Gasteiger partial charge is 0.329 e. The maximum Gasteiger partial charge on any atom is 0.0470 e. The van der Waals surface area contributed by atoms with E-state index in [-0.39, 0.29) is 0 Å². The van der Waals surface area contributed by atoms with Gasteiger partial charge in [-0.05, 0) is 49.4 Å². The van der Waals surface area contributed by atoms with Gasteiger partial charge in [0.05, 0.1) is 0 Å². The van der Waals surface area contributed by atoms with Gasteiger partial charge >= 0.3 is 0 Å². The topological polar surface area (TPSA) is 29.3 Å². The Morgan fingerprint density at radius 3 is 2.89 bits per heavy atom. The van der Waals surface area contributed by atoms with E-state index in [9.17, 15) is 0 Å². The van der Waals surface area contributed by atoms with Crippen molar-refractivity contribution in [3.8, 4) is 0 Å². The van der Waals surface area contributed by atoms with Crippen molar-refractivity contribution in [3.05, 3.63) is 33.8 Å². The number of nitrogens with two attached hydrogens (primary N) is 1. The number of benzene rings is 1. The predicted molar refractivity (Wildman–Crippen MR) is 85.3 cm³/mol. The van der Waals surface area contributed by atoms with Crippen LogP contribution in [0.5, 0.6) is 0 Å². The van der Waals surface area contributed by atoms with Gasteiger partial charge in [0, 0.05) is 23.6 Å². The van der Waals surface area contributed by atoms with Crippen LogP contribution in [0, 0.1) is 12.8 Å². The van der Waals surface area contributed by atoms with Crippen LogP contribution in [0.1, 0.15) is 43.4 Å². The summed E-state index contributed by atoms with van der Waals surface area (Å²) in [7, 11) is 0. The summed E-state index contributed by atoms with van der Waals surface area (Å²) in [5.41, 5.74) is 8.69. The third-order valence-corrected chi connectivity index (χ3v) is 5.13. The van der Waals surface area contributed by atoms with Crippen molar-refractivity contribution < 1.29 is 0 Å². The second-order valence-electron chi connectivity index (χ2n) is 5.70. The molecule has 0 bridgehead atoms. The second-order valence-corrected chi connectivity index (χ2v) is 6.55. The number of aryl methyl sites for hydroxylation is 1. The first-order valence-electron chi connectivity index (χ1n) is 7.35. The zero-order valence-electron chi connectivity index (χ0n) is 12.0. The van der Waals surface area contributed by atoms with Crippen LogP contribution in [-0.4, -0.2) is 24.5 Å². The predicted octanol–water partition coefficient (Wildman–Crippen LogP) is 3.88. The molecule has 1 aliphatic rings. The molecule has 2 N–H and O–H groups in total. The first kappa shape index (κ1) is 15.0. The fourth-order valence-corrected chi connectivity index (χ4v) is 3.41. The maximum atomic E-state index is 6.04. The molecule has 2 unspecified atom stereocenters. The Hall–Kier alpha value is -0.380. The minimum absolute atomic E-state index is 0.383. The van der Waals surface area contributed by atoms with Crippen LogP contribution in [0.25, 0.3) is 0 Å². The summed E-state index contributed by atoms with van der Waals surface area (Å²) in [5, 5.41) is 0. The van der Waals surface area contributed by atoms with Gasteiger partial charge in [-0.15, -0.1) is 0 Å². The summed E-state index contributed by atoms with van der Waals surface area (Å²) in [6.45, 7) is 7.54. The Balaban J connectivity index is 2.09. The lowest BCUT2D eigenvalue weighted by molar-refractivity contribution is 0.239. The van der Waals surface area contributed by atoms with Crippen molar-refractivity contribution in [1.82, 2.24) is 4.90 Å². The molecule has 106 valence electrons. The molecule has 0 amide bonds. The number of hydrogen-bond acceptors (Lipinski definition) is 2. The number of rotatable bonds is 5. The highest BCUT2D eigenvalue weighted by Crippen LogP contribution is 2.30. The van der Waals surface area contributed by atoms with E-state index in [1.165, 1.54) is 48.0 Å². The van der Waals surface area contributed by atoms with Crippen LogP contribution in [-0.2, 0) is 0 Å². The molecular weight excluding hydrogens is 300 g/mol. The number of likely N-dealkylation sites (tertiary alicyclic amines) is 1. The quantitative estimate of drug-likeness (QED) is 0.890. The molecule has 0 radical (unpaired) electrons. The summed E-state index contributed by atoms with van der Waals surface area (Å²) in [6, 6.07) is 7.01. The molecule has 0 aromatic heterocycles. The van der Waals surface area contributed by atoms with E-state index in [0.717, 1.165) is 5.92 Å². The lowest BCUT2D eigenvalue weighted by Crippen LogP contribution is -2.32. The molecule has 3 heteroatoms. The highest BCUT2D eigenvalue weighted by Gasteiger charge is 2.27. The Morgan fingerprint density at radius 2 is 2.26 bits per heavy atom. The van der Waals surface area contributed by atoms with Gasteiger partial charge in [-0.1, -0.05) is 41.4 Å². The molecule has 1 saturated heterocycles. The molecule has 2 nitrogen and oxygen atoms in total. The van der Waals surface area contributed by atoms with Crippen molar-refractivity contribution in [2.24, 2.45) is 11.7 Å². The molecule has 1 heterocycles. The number of hydrogen-bond donors (Lipinski definition) is 1. The average Bonchev–Trinajstić information content (AvgIpc) is 2.83. The summed E-state index contributed by atoms with van der Waals surface area (Å²) >= 11 is 3.57. The fraction of sp³-hybridized carbons (Fsp3) is 0.625. The molecule has 0 spiro atoms. The molecule has 0 saturated carbocycles. The summed E-state index contributed by atoms with van der Waals surface area (Å²) in [4.78, 5) is 2.57. The minimum atomic E-state index is 0.383. The third-order valence-electron chi connectivity index (χ3n) is 4.24. The van der Waals surface area contributed by atoms with Crippen LogP contribution in [0.4, 0.5) is 0 Å². The zero-order valence-corrected chi connectivity index (χ0v) is 13.6. The van der Waals surface area contributed by atoms with Crippen LogP contribution < -0.4 is 5.73 Å². The Kier molecular flexibility index (Phi) is 5.43. The van der Waals surface area contributed by atoms with Gasteiger partial charge in [-0.25, -0.2) is 0 Å². The van der Waals surface area contributed by atoms with Gasteiger partial charge in [-0.2, -0.15) is 0 Å². The molecule has 1 aromatic rings. The Labute approximate surface area is 125 Å². The van der Waals surface area contributed by atoms with Crippen molar-refractivity contribution in [2.45, 2.75) is 39.2 Å². The summed E-state index contributed by atoms with van der Waals surface area (Å²) in [6.07, 6.45) is 3.98. The van der Waals surface area contributed by atoms with Gasteiger partial charge in [0.15, 0.2) is 0 Å². The maximum absolute atomic E-state index is 6.04. The summed E-state index contributed by atoms with van der Waals surface area (Å²) in [5.74, 6) is 0.871. The van der Waals surface area contributed by atoms with E-state index in [0.29, 0.717) is 12.6 Å². The molecule has 1 aliphatic heterocycles. The van der Waals surface area contributed by atoms with Crippen molar-refractivity contribution in [1.29, 1.82) is 0 Å². The summed E-state index contributed by atoms with van der Waals surface area (Å²) < 4.78 is 1.18. The van der Waals surface area contributed by atoms with Gasteiger partial charge in [-0.3, -0.25) is 4.90 Å². The Morgan fingerprint density at radius 1 is 1.47 bits per heavy atom. The molecular formula is C16H25BrN2. The lowest BCUT2D eigenvalue weighted by Gasteiger charge is -2.27. The van der Waals surface area contributed by atoms with Crippen molar-refractivity contribution in [2.75, 3.05) is 19.6 Å². The molecule has 19 heavy (non-hydrogen) atoms. The minimum Gasteiger partial charge on any atom is -0.329 e. The molecule has 0 aliphatic carbocycles. The normalized spacial score (nSPS) is 21.8. The van der Waals surface area contributed by atoms with Crippen LogP contribution in [0.2, 0.25) is 0 Å². The van der Waals surface area contributed by atoms with E-state index in [2.05, 4.69) is 52.9 Å². The molecule has 2 rings (SSSR count). The lowest BCUT2D eigenvalue weighted by atomic mass is 10.0. The van der Waals surface area contributed by atoms with Crippen LogP contribution >= 0.6 is 15.9 Å². The van der Waals surface area contributed by atoms with E-state index in [1.807, 2.05) is 0 Å². The third kappa shape index (κ3) is 3.59. The monoisotopic (exact) mass is 324 g/mol. The first-order valence-corrected chi connectivity index (χ1v) is 8.15. The van der Waals surface area contributed by atoms with E-state index in [1.54, 1.807) is 0 Å². The SMILES string of the molecule is CCCC1CCN(C(CN)c2ccc(Br)c(C)c2)C1. The number of nitrogens with zero attached hydrogens (tertiary/aromatic N) is 1. The smallest absolute Gasteiger partial charge is 0.0470 e. The highest BCUT2D eigenvalue weighted by molar-refractivity contribution is 9.10. The van der Waals surface area contributed by atoms with Gasteiger partial charge < -0.3 is 5.73 Å². The van der Waals surface area contributed by atoms with Gasteiger partial charge in [0.25, 0.3) is 0 Å². The van der Waals surface area contributed by atoms with Gasteiger partial charge in [0.1, 0.15) is 0 Å². The van der Waals surface area contributed by atoms with E-state index in [4.69, 9.17) is 5.73 Å². The second kappa shape index (κ2) is 6.87.